The number of rotatable bonds is 4. The van der Waals surface area contributed by atoms with Crippen LogP contribution in [-0.4, -0.2) is 10.5 Å². The molecule has 3 rings (SSSR count). The highest BCUT2D eigenvalue weighted by molar-refractivity contribution is 9.10. The molecule has 1 heterocycles. The average Bonchev–Trinajstić information content (AvgIpc) is 2.83. The maximum absolute atomic E-state index is 12.2. The molecule has 0 aliphatic heterocycles. The van der Waals surface area contributed by atoms with Crippen LogP contribution in [0, 0.1) is 6.92 Å². The first-order valence-corrected chi connectivity index (χ1v) is 8.80. The Morgan fingerprint density at radius 2 is 2.04 bits per heavy atom. The lowest BCUT2D eigenvalue weighted by molar-refractivity contribution is -0.116. The summed E-state index contributed by atoms with van der Waals surface area (Å²) in [5, 5.41) is 2.90. The van der Waals surface area contributed by atoms with E-state index >= 15 is 0 Å². The van der Waals surface area contributed by atoms with Crippen LogP contribution in [0.15, 0.2) is 51.7 Å². The minimum Gasteiger partial charge on any atom is -0.326 e. The monoisotopic (exact) mass is 390 g/mol. The van der Waals surface area contributed by atoms with E-state index in [1.165, 1.54) is 11.3 Å². The van der Waals surface area contributed by atoms with Crippen molar-refractivity contribution in [3.05, 3.63) is 62.2 Å². The van der Waals surface area contributed by atoms with Crippen molar-refractivity contribution in [1.29, 1.82) is 0 Å². The molecule has 0 bridgehead atoms. The van der Waals surface area contributed by atoms with E-state index in [-0.39, 0.29) is 17.2 Å². The molecule has 0 saturated heterocycles. The summed E-state index contributed by atoms with van der Waals surface area (Å²) in [5.74, 6) is -0.0994. The molecule has 1 aromatic heterocycles. The topological polar surface area (TPSA) is 51.1 Å². The Morgan fingerprint density at radius 1 is 1.26 bits per heavy atom. The van der Waals surface area contributed by atoms with Gasteiger partial charge in [-0.3, -0.25) is 14.2 Å². The normalized spacial score (nSPS) is 10.9. The van der Waals surface area contributed by atoms with E-state index in [0.29, 0.717) is 6.54 Å². The van der Waals surface area contributed by atoms with Gasteiger partial charge in [-0.15, -0.1) is 0 Å². The number of fused-ring (bicyclic) bond motifs is 1. The first-order valence-electron chi connectivity index (χ1n) is 7.19. The third-order valence-corrected chi connectivity index (χ3v) is 5.05. The Kier molecular flexibility index (Phi) is 4.63. The van der Waals surface area contributed by atoms with Crippen LogP contribution < -0.4 is 10.2 Å². The highest BCUT2D eigenvalue weighted by Crippen LogP contribution is 2.20. The molecular formula is C17H15BrN2O2S. The molecular weight excluding hydrogens is 376 g/mol. The molecule has 0 atom stereocenters. The van der Waals surface area contributed by atoms with Gasteiger partial charge < -0.3 is 5.32 Å². The van der Waals surface area contributed by atoms with Gasteiger partial charge in [-0.1, -0.05) is 39.4 Å². The number of aryl methyl sites for hydroxylation is 2. The number of thiazole rings is 1. The van der Waals surface area contributed by atoms with Crippen LogP contribution in [0.25, 0.3) is 10.2 Å². The molecule has 0 aliphatic rings. The fourth-order valence-electron chi connectivity index (χ4n) is 2.42. The summed E-state index contributed by atoms with van der Waals surface area (Å²) in [6, 6.07) is 13.3. The zero-order valence-corrected chi connectivity index (χ0v) is 14.9. The molecule has 118 valence electrons. The van der Waals surface area contributed by atoms with Crippen molar-refractivity contribution in [3.8, 4) is 0 Å². The lowest BCUT2D eigenvalue weighted by Crippen LogP contribution is -2.19. The maximum Gasteiger partial charge on any atom is 0.308 e. The van der Waals surface area contributed by atoms with Crippen molar-refractivity contribution in [1.82, 2.24) is 4.57 Å². The Labute approximate surface area is 145 Å². The molecule has 1 amide bonds. The first kappa shape index (κ1) is 16.0. The quantitative estimate of drug-likeness (QED) is 0.726. The number of carbonyl (C=O) groups is 1. The van der Waals surface area contributed by atoms with Gasteiger partial charge in [-0.25, -0.2) is 0 Å². The second-order valence-corrected chi connectivity index (χ2v) is 7.15. The van der Waals surface area contributed by atoms with E-state index in [1.807, 2.05) is 49.4 Å². The van der Waals surface area contributed by atoms with E-state index in [9.17, 15) is 9.59 Å². The number of hydrogen-bond donors (Lipinski definition) is 1. The molecule has 3 aromatic rings. The van der Waals surface area contributed by atoms with Crippen LogP contribution >= 0.6 is 27.3 Å². The van der Waals surface area contributed by atoms with Gasteiger partial charge in [0, 0.05) is 23.1 Å². The Hall–Kier alpha value is -1.92. The summed E-state index contributed by atoms with van der Waals surface area (Å²) in [7, 11) is 0. The Balaban J connectivity index is 1.71. The third kappa shape index (κ3) is 3.54. The van der Waals surface area contributed by atoms with Gasteiger partial charge in [0.25, 0.3) is 0 Å². The predicted octanol–water partition coefficient (Wildman–Crippen LogP) is 4.16. The van der Waals surface area contributed by atoms with Crippen molar-refractivity contribution >= 4 is 49.1 Å². The number of amides is 1. The molecule has 2 aromatic carbocycles. The molecule has 23 heavy (non-hydrogen) atoms. The van der Waals surface area contributed by atoms with Gasteiger partial charge in [0.1, 0.15) is 0 Å². The van der Waals surface area contributed by atoms with Gasteiger partial charge in [0.05, 0.1) is 10.2 Å². The third-order valence-electron chi connectivity index (χ3n) is 3.60. The number of nitrogens with one attached hydrogen (secondary N) is 1. The number of nitrogens with zero attached hydrogens (tertiary/aromatic N) is 1. The van der Waals surface area contributed by atoms with E-state index in [1.54, 1.807) is 4.57 Å². The van der Waals surface area contributed by atoms with Crippen molar-refractivity contribution in [2.24, 2.45) is 0 Å². The van der Waals surface area contributed by atoms with E-state index in [2.05, 4.69) is 21.2 Å². The molecule has 4 nitrogen and oxygen atoms in total. The molecule has 1 N–H and O–H groups in total. The number of anilines is 1. The smallest absolute Gasteiger partial charge is 0.308 e. The summed E-state index contributed by atoms with van der Waals surface area (Å²) in [4.78, 5) is 24.2. The summed E-state index contributed by atoms with van der Waals surface area (Å²) in [6.45, 7) is 2.32. The summed E-state index contributed by atoms with van der Waals surface area (Å²) >= 11 is 4.61. The van der Waals surface area contributed by atoms with Crippen LogP contribution in [0.1, 0.15) is 12.0 Å². The van der Waals surface area contributed by atoms with E-state index in [0.717, 1.165) is 25.9 Å². The number of carbonyl (C=O) groups excluding carboxylic acids is 1. The van der Waals surface area contributed by atoms with Crippen LogP contribution in [-0.2, 0) is 11.3 Å². The van der Waals surface area contributed by atoms with Crippen LogP contribution in [0.5, 0.6) is 0 Å². The number of halogens is 1. The highest BCUT2D eigenvalue weighted by atomic mass is 79.9. The number of aromatic nitrogens is 1. The molecule has 0 spiro atoms. The number of benzene rings is 2. The maximum atomic E-state index is 12.2. The van der Waals surface area contributed by atoms with Crippen molar-refractivity contribution in [2.45, 2.75) is 19.9 Å². The minimum atomic E-state index is -0.0994. The Bertz CT molecular complexity index is 930. The Morgan fingerprint density at radius 3 is 2.83 bits per heavy atom. The predicted molar refractivity (Wildman–Crippen MR) is 98.2 cm³/mol. The van der Waals surface area contributed by atoms with E-state index in [4.69, 9.17) is 0 Å². The lowest BCUT2D eigenvalue weighted by Gasteiger charge is -2.09. The summed E-state index contributed by atoms with van der Waals surface area (Å²) < 4.78 is 3.58. The van der Waals surface area contributed by atoms with Crippen LogP contribution in [0.2, 0.25) is 0 Å². The standard InChI is InChI=1S/C17H15BrN2O2S/c1-11-10-12(18)6-7-13(11)19-16(21)8-9-20-14-4-2-3-5-15(14)23-17(20)22/h2-7,10H,8-9H2,1H3,(H,19,21). The van der Waals surface area contributed by atoms with Crippen LogP contribution in [0.3, 0.4) is 0 Å². The van der Waals surface area contributed by atoms with E-state index < -0.39 is 0 Å². The summed E-state index contributed by atoms with van der Waals surface area (Å²) in [5.41, 5.74) is 2.67. The zero-order valence-electron chi connectivity index (χ0n) is 12.5. The van der Waals surface area contributed by atoms with Crippen molar-refractivity contribution in [2.75, 3.05) is 5.32 Å². The summed E-state index contributed by atoms with van der Waals surface area (Å²) in [6.07, 6.45) is 0.260. The largest absolute Gasteiger partial charge is 0.326 e. The van der Waals surface area contributed by atoms with Crippen molar-refractivity contribution < 1.29 is 4.79 Å². The van der Waals surface area contributed by atoms with Gasteiger partial charge in [-0.05, 0) is 42.8 Å². The van der Waals surface area contributed by atoms with Crippen molar-refractivity contribution in [3.63, 3.8) is 0 Å². The second kappa shape index (κ2) is 6.68. The molecule has 6 heteroatoms. The van der Waals surface area contributed by atoms with Gasteiger partial charge in [-0.2, -0.15) is 0 Å². The number of para-hydroxylation sites is 1. The van der Waals surface area contributed by atoms with Gasteiger partial charge in [0.15, 0.2) is 0 Å². The van der Waals surface area contributed by atoms with Crippen LogP contribution in [0.4, 0.5) is 5.69 Å². The van der Waals surface area contributed by atoms with Gasteiger partial charge >= 0.3 is 4.87 Å². The minimum absolute atomic E-state index is 0.0289. The van der Waals surface area contributed by atoms with Gasteiger partial charge in [0.2, 0.25) is 5.91 Å². The highest BCUT2D eigenvalue weighted by Gasteiger charge is 2.10. The average molecular weight is 391 g/mol. The SMILES string of the molecule is Cc1cc(Br)ccc1NC(=O)CCn1c(=O)sc2ccccc21. The molecule has 0 radical (unpaired) electrons. The number of hydrogen-bond acceptors (Lipinski definition) is 3. The second-order valence-electron chi connectivity index (χ2n) is 5.24. The molecule has 0 saturated carbocycles. The fourth-order valence-corrected chi connectivity index (χ4v) is 3.81. The molecule has 0 aliphatic carbocycles. The molecule has 0 fully saturated rings. The lowest BCUT2D eigenvalue weighted by atomic mass is 10.2. The first-order chi connectivity index (χ1) is 11.0. The zero-order chi connectivity index (χ0) is 16.4. The fraction of sp³-hybridized carbons (Fsp3) is 0.176. The molecule has 0 unspecified atom stereocenters.